The largest absolute Gasteiger partial charge is 0.489 e. The summed E-state index contributed by atoms with van der Waals surface area (Å²) in [5.41, 5.74) is 7.59. The molecule has 3 heteroatoms. The highest BCUT2D eigenvalue weighted by Gasteiger charge is 2.14. The summed E-state index contributed by atoms with van der Waals surface area (Å²) in [5, 5.41) is 1.14. The van der Waals surface area contributed by atoms with Gasteiger partial charge in [0.2, 0.25) is 0 Å². The van der Waals surface area contributed by atoms with E-state index in [-0.39, 0.29) is 0 Å². The molecule has 31 heavy (non-hydrogen) atoms. The topological polar surface area (TPSA) is 26.5 Å². The second-order valence-corrected chi connectivity index (χ2v) is 7.68. The van der Waals surface area contributed by atoms with Crippen molar-refractivity contribution < 1.29 is 4.74 Å². The summed E-state index contributed by atoms with van der Waals surface area (Å²) in [6, 6.07) is 37.5. The maximum absolute atomic E-state index is 6.07. The molecule has 0 bridgehead atoms. The van der Waals surface area contributed by atoms with Crippen molar-refractivity contribution in [3.8, 4) is 17.0 Å². The van der Waals surface area contributed by atoms with Gasteiger partial charge in [0.1, 0.15) is 12.4 Å². The molecule has 0 atom stereocenters. The highest BCUT2D eigenvalue weighted by molar-refractivity contribution is 5.98. The van der Waals surface area contributed by atoms with E-state index in [9.17, 15) is 0 Å². The lowest BCUT2D eigenvalue weighted by molar-refractivity contribution is 0.306. The van der Waals surface area contributed by atoms with Gasteiger partial charge in [0.25, 0.3) is 0 Å². The van der Waals surface area contributed by atoms with Gasteiger partial charge in [-0.2, -0.15) is 0 Å². The van der Waals surface area contributed by atoms with Crippen molar-refractivity contribution in [1.29, 1.82) is 0 Å². The first-order valence-electron chi connectivity index (χ1n) is 10.4. The molecule has 0 aliphatic rings. The molecule has 2 heterocycles. The molecule has 0 aliphatic heterocycles. The number of aromatic nitrogens is 2. The summed E-state index contributed by atoms with van der Waals surface area (Å²) in [4.78, 5) is 5.02. The molecule has 2 aromatic heterocycles. The van der Waals surface area contributed by atoms with Gasteiger partial charge in [0, 0.05) is 10.9 Å². The van der Waals surface area contributed by atoms with Crippen molar-refractivity contribution in [2.45, 2.75) is 6.61 Å². The van der Waals surface area contributed by atoms with E-state index in [1.165, 1.54) is 0 Å². The Morgan fingerprint density at radius 1 is 0.645 bits per heavy atom. The fourth-order valence-corrected chi connectivity index (χ4v) is 4.19. The Labute approximate surface area is 180 Å². The molecule has 4 aromatic carbocycles. The summed E-state index contributed by atoms with van der Waals surface area (Å²) in [6.07, 6.45) is 0. The normalized spacial score (nSPS) is 11.4. The van der Waals surface area contributed by atoms with E-state index in [0.717, 1.165) is 50.0 Å². The molecule has 6 rings (SSSR count). The van der Waals surface area contributed by atoms with Crippen LogP contribution in [0.3, 0.4) is 0 Å². The first-order valence-corrected chi connectivity index (χ1v) is 10.4. The van der Waals surface area contributed by atoms with Crippen molar-refractivity contribution >= 4 is 27.5 Å². The van der Waals surface area contributed by atoms with Crippen LogP contribution in [0.25, 0.3) is 38.7 Å². The molecular weight excluding hydrogens is 380 g/mol. The van der Waals surface area contributed by atoms with Gasteiger partial charge in [0.15, 0.2) is 0 Å². The summed E-state index contributed by atoms with van der Waals surface area (Å²) in [7, 11) is 0. The molecule has 0 fully saturated rings. The van der Waals surface area contributed by atoms with Gasteiger partial charge < -0.3 is 9.14 Å². The number of hydrogen-bond donors (Lipinski definition) is 0. The molecule has 3 nitrogen and oxygen atoms in total. The van der Waals surface area contributed by atoms with Crippen LogP contribution >= 0.6 is 0 Å². The molecule has 0 unspecified atom stereocenters. The Morgan fingerprint density at radius 2 is 1.39 bits per heavy atom. The zero-order chi connectivity index (χ0) is 20.6. The van der Waals surface area contributed by atoms with Crippen LogP contribution in [0.2, 0.25) is 0 Å². The minimum absolute atomic E-state index is 0.555. The minimum atomic E-state index is 0.555. The molecule has 6 aromatic rings. The van der Waals surface area contributed by atoms with E-state index in [1.807, 2.05) is 30.3 Å². The maximum Gasteiger partial charge on any atom is 0.120 e. The van der Waals surface area contributed by atoms with E-state index in [0.29, 0.717) is 6.61 Å². The van der Waals surface area contributed by atoms with Crippen LogP contribution in [0.1, 0.15) is 5.56 Å². The van der Waals surface area contributed by atoms with Crippen LogP contribution < -0.4 is 4.74 Å². The van der Waals surface area contributed by atoms with Crippen molar-refractivity contribution in [1.82, 2.24) is 9.38 Å². The summed E-state index contributed by atoms with van der Waals surface area (Å²) in [5.74, 6) is 0.866. The number of nitrogens with zero attached hydrogens (tertiary/aromatic N) is 2. The van der Waals surface area contributed by atoms with E-state index in [2.05, 4.69) is 83.3 Å². The third-order valence-electron chi connectivity index (χ3n) is 5.67. The van der Waals surface area contributed by atoms with Crippen LogP contribution in [0.15, 0.2) is 109 Å². The highest BCUT2D eigenvalue weighted by Crippen LogP contribution is 2.33. The van der Waals surface area contributed by atoms with Crippen molar-refractivity contribution in [3.05, 3.63) is 115 Å². The molecule has 0 saturated carbocycles. The first kappa shape index (κ1) is 17.7. The predicted octanol–water partition coefficient (Wildman–Crippen LogP) is 6.89. The van der Waals surface area contributed by atoms with E-state index >= 15 is 0 Å². The minimum Gasteiger partial charge on any atom is -0.489 e. The molecule has 0 radical (unpaired) electrons. The second-order valence-electron chi connectivity index (χ2n) is 7.68. The molecule has 0 N–H and O–H groups in total. The van der Waals surface area contributed by atoms with Crippen molar-refractivity contribution in [2.75, 3.05) is 0 Å². The van der Waals surface area contributed by atoms with Crippen LogP contribution in [-0.4, -0.2) is 9.38 Å². The average Bonchev–Trinajstić information content (AvgIpc) is 3.22. The third-order valence-corrected chi connectivity index (χ3v) is 5.67. The van der Waals surface area contributed by atoms with Crippen LogP contribution in [0.5, 0.6) is 5.75 Å². The fourth-order valence-electron chi connectivity index (χ4n) is 4.19. The zero-order valence-corrected chi connectivity index (χ0v) is 16.9. The van der Waals surface area contributed by atoms with Crippen LogP contribution in [0.4, 0.5) is 0 Å². The van der Waals surface area contributed by atoms with Gasteiger partial charge >= 0.3 is 0 Å². The number of para-hydroxylation sites is 2. The Hall–Kier alpha value is -4.11. The number of rotatable bonds is 4. The second kappa shape index (κ2) is 7.29. The lowest BCUT2D eigenvalue weighted by atomic mass is 10.1. The lowest BCUT2D eigenvalue weighted by Gasteiger charge is -2.10. The van der Waals surface area contributed by atoms with E-state index in [1.54, 1.807) is 0 Å². The molecule has 148 valence electrons. The molecular formula is C28H20N2O. The number of hydrogen-bond acceptors (Lipinski definition) is 2. The number of benzene rings is 4. The van der Waals surface area contributed by atoms with Gasteiger partial charge in [0.05, 0.1) is 27.8 Å². The van der Waals surface area contributed by atoms with Gasteiger partial charge in [-0.25, -0.2) is 4.98 Å². The summed E-state index contributed by atoms with van der Waals surface area (Å²) < 4.78 is 8.38. The lowest BCUT2D eigenvalue weighted by Crippen LogP contribution is -1.96. The molecule has 0 spiro atoms. The summed E-state index contributed by atoms with van der Waals surface area (Å²) >= 11 is 0. The van der Waals surface area contributed by atoms with Crippen LogP contribution in [-0.2, 0) is 6.61 Å². The zero-order valence-electron chi connectivity index (χ0n) is 16.9. The van der Waals surface area contributed by atoms with Gasteiger partial charge in [-0.15, -0.1) is 0 Å². The average molecular weight is 400 g/mol. The maximum atomic E-state index is 6.07. The van der Waals surface area contributed by atoms with E-state index < -0.39 is 0 Å². The Bertz CT molecular complexity index is 1520. The Kier molecular flexibility index (Phi) is 4.17. The third kappa shape index (κ3) is 3.11. The van der Waals surface area contributed by atoms with Gasteiger partial charge in [-0.1, -0.05) is 72.8 Å². The van der Waals surface area contributed by atoms with Gasteiger partial charge in [-0.3, -0.25) is 0 Å². The SMILES string of the molecule is c1ccc(COc2ccc3c(c2)cc2c(-c4ccccc4)nc4ccccc4n23)cc1. The smallest absolute Gasteiger partial charge is 0.120 e. The number of ether oxygens (including phenoxy) is 1. The highest BCUT2D eigenvalue weighted by atomic mass is 16.5. The first-order chi connectivity index (χ1) is 15.4. The van der Waals surface area contributed by atoms with Gasteiger partial charge in [-0.05, 0) is 42.0 Å². The molecule has 0 saturated heterocycles. The Morgan fingerprint density at radius 3 is 2.23 bits per heavy atom. The van der Waals surface area contributed by atoms with E-state index in [4.69, 9.17) is 9.72 Å². The van der Waals surface area contributed by atoms with Crippen LogP contribution in [0, 0.1) is 0 Å². The predicted molar refractivity (Wildman–Crippen MR) is 126 cm³/mol. The van der Waals surface area contributed by atoms with Crippen molar-refractivity contribution in [3.63, 3.8) is 0 Å². The molecule has 0 aliphatic carbocycles. The summed E-state index contributed by atoms with van der Waals surface area (Å²) in [6.45, 7) is 0.555. The fraction of sp³-hybridized carbons (Fsp3) is 0.0357. The Balaban J connectivity index is 1.53. The molecule has 0 amide bonds. The van der Waals surface area contributed by atoms with Crippen molar-refractivity contribution in [2.24, 2.45) is 0 Å². The quantitative estimate of drug-likeness (QED) is 0.322. The standard InChI is InChI=1S/C28H20N2O/c1-3-9-20(10-4-1)19-31-23-15-16-25-22(17-23)18-27-28(21-11-5-2-6-12-21)29-24-13-7-8-14-26(24)30(25)27/h1-18H,19H2. The monoisotopic (exact) mass is 400 g/mol. The number of fused-ring (bicyclic) bond motifs is 5.